The van der Waals surface area contributed by atoms with Crippen molar-refractivity contribution < 1.29 is 4.79 Å². The zero-order valence-corrected chi connectivity index (χ0v) is 13.4. The summed E-state index contributed by atoms with van der Waals surface area (Å²) in [7, 11) is 0. The van der Waals surface area contributed by atoms with Crippen LogP contribution in [0.3, 0.4) is 0 Å². The van der Waals surface area contributed by atoms with Crippen LogP contribution in [0.2, 0.25) is 0 Å². The maximum atomic E-state index is 12.7. The van der Waals surface area contributed by atoms with Gasteiger partial charge in [0.1, 0.15) is 0 Å². The van der Waals surface area contributed by atoms with Crippen molar-refractivity contribution in [1.82, 2.24) is 15.1 Å². The quantitative estimate of drug-likeness (QED) is 0.840. The highest BCUT2D eigenvalue weighted by atomic mass is 16.2. The molecule has 120 valence electrons. The monoisotopic (exact) mass is 293 g/mol. The zero-order chi connectivity index (χ0) is 14.5. The number of nitrogens with zero attached hydrogens (tertiary/aromatic N) is 2. The summed E-state index contributed by atoms with van der Waals surface area (Å²) in [5.41, 5.74) is 0. The van der Waals surface area contributed by atoms with Crippen LogP contribution in [0.25, 0.3) is 0 Å². The second-order valence-electron chi connectivity index (χ2n) is 7.16. The number of nitrogens with one attached hydrogen (secondary N) is 1. The molecule has 2 saturated carbocycles. The van der Waals surface area contributed by atoms with E-state index in [0.29, 0.717) is 18.5 Å². The van der Waals surface area contributed by atoms with Gasteiger partial charge in [-0.1, -0.05) is 19.3 Å². The molecule has 21 heavy (non-hydrogen) atoms. The third kappa shape index (κ3) is 4.68. The molecular weight excluding hydrogens is 262 g/mol. The average Bonchev–Trinajstić information content (AvgIpc) is 3.33. The standard InChI is InChI=1S/C17H31N3O/c21-17(14-19-11-4-9-18-10-12-19)20(16-7-8-16)13-15-5-2-1-3-6-15/h15-16,18H,1-14H2. The van der Waals surface area contributed by atoms with Crippen LogP contribution in [-0.4, -0.2) is 61.0 Å². The molecule has 1 heterocycles. The number of carbonyl (C=O) groups is 1. The first-order chi connectivity index (χ1) is 10.3. The van der Waals surface area contributed by atoms with Gasteiger partial charge in [0.25, 0.3) is 0 Å². The Morgan fingerprint density at radius 1 is 1.00 bits per heavy atom. The lowest BCUT2D eigenvalue weighted by Gasteiger charge is -2.31. The van der Waals surface area contributed by atoms with Gasteiger partial charge in [-0.3, -0.25) is 9.69 Å². The molecule has 3 aliphatic rings. The molecule has 0 aromatic carbocycles. The number of rotatable bonds is 5. The maximum absolute atomic E-state index is 12.7. The molecule has 4 heteroatoms. The first-order valence-corrected chi connectivity index (χ1v) is 9.05. The highest BCUT2D eigenvalue weighted by molar-refractivity contribution is 5.79. The summed E-state index contributed by atoms with van der Waals surface area (Å²) in [5.74, 6) is 1.17. The molecule has 3 rings (SSSR count). The summed E-state index contributed by atoms with van der Waals surface area (Å²) in [4.78, 5) is 17.3. The van der Waals surface area contributed by atoms with Gasteiger partial charge < -0.3 is 10.2 Å². The molecule has 1 saturated heterocycles. The predicted molar refractivity (Wildman–Crippen MR) is 85.2 cm³/mol. The third-order valence-corrected chi connectivity index (χ3v) is 5.28. The molecule has 1 amide bonds. The second kappa shape index (κ2) is 7.59. The van der Waals surface area contributed by atoms with E-state index in [1.165, 1.54) is 51.4 Å². The number of amides is 1. The van der Waals surface area contributed by atoms with Crippen molar-refractivity contribution in [2.45, 2.75) is 57.4 Å². The molecule has 0 unspecified atom stereocenters. The SMILES string of the molecule is O=C(CN1CCCNCC1)N(CC1CCCCC1)C1CC1. The van der Waals surface area contributed by atoms with Gasteiger partial charge in [-0.15, -0.1) is 0 Å². The largest absolute Gasteiger partial charge is 0.338 e. The van der Waals surface area contributed by atoms with E-state index in [2.05, 4.69) is 15.1 Å². The Morgan fingerprint density at radius 2 is 1.81 bits per heavy atom. The zero-order valence-electron chi connectivity index (χ0n) is 13.4. The fourth-order valence-corrected chi connectivity index (χ4v) is 3.83. The minimum atomic E-state index is 0.393. The van der Waals surface area contributed by atoms with E-state index in [0.717, 1.165) is 38.6 Å². The topological polar surface area (TPSA) is 35.6 Å². The average molecular weight is 293 g/mol. The lowest BCUT2D eigenvalue weighted by Crippen LogP contribution is -2.44. The minimum absolute atomic E-state index is 0.393. The number of hydrogen-bond donors (Lipinski definition) is 1. The molecular formula is C17H31N3O. The molecule has 1 aliphatic heterocycles. The van der Waals surface area contributed by atoms with Gasteiger partial charge in [0.05, 0.1) is 6.54 Å². The van der Waals surface area contributed by atoms with Gasteiger partial charge >= 0.3 is 0 Å². The minimum Gasteiger partial charge on any atom is -0.338 e. The Hall–Kier alpha value is -0.610. The lowest BCUT2D eigenvalue weighted by molar-refractivity contribution is -0.133. The van der Waals surface area contributed by atoms with Crippen LogP contribution in [0.15, 0.2) is 0 Å². The van der Waals surface area contributed by atoms with Crippen molar-refractivity contribution in [3.8, 4) is 0 Å². The first-order valence-electron chi connectivity index (χ1n) is 9.05. The third-order valence-electron chi connectivity index (χ3n) is 5.28. The molecule has 4 nitrogen and oxygen atoms in total. The Balaban J connectivity index is 1.51. The van der Waals surface area contributed by atoms with Crippen molar-refractivity contribution in [3.05, 3.63) is 0 Å². The molecule has 2 aliphatic carbocycles. The second-order valence-corrected chi connectivity index (χ2v) is 7.16. The number of hydrogen-bond acceptors (Lipinski definition) is 3. The Bertz CT molecular complexity index is 329. The fraction of sp³-hybridized carbons (Fsp3) is 0.941. The van der Waals surface area contributed by atoms with Gasteiger partial charge in [-0.25, -0.2) is 0 Å². The first kappa shape index (κ1) is 15.3. The molecule has 0 radical (unpaired) electrons. The van der Waals surface area contributed by atoms with Crippen LogP contribution >= 0.6 is 0 Å². The maximum Gasteiger partial charge on any atom is 0.237 e. The van der Waals surface area contributed by atoms with Gasteiger partial charge in [0.2, 0.25) is 5.91 Å². The molecule has 0 spiro atoms. The van der Waals surface area contributed by atoms with Crippen molar-refractivity contribution >= 4 is 5.91 Å². The summed E-state index contributed by atoms with van der Waals surface area (Å²) in [6.07, 6.45) is 10.5. The van der Waals surface area contributed by atoms with Crippen molar-refractivity contribution in [2.75, 3.05) is 39.3 Å². The van der Waals surface area contributed by atoms with Gasteiger partial charge in [0, 0.05) is 25.7 Å². The smallest absolute Gasteiger partial charge is 0.237 e. The van der Waals surface area contributed by atoms with Gasteiger partial charge in [-0.05, 0) is 51.1 Å². The van der Waals surface area contributed by atoms with Crippen LogP contribution < -0.4 is 5.32 Å². The van der Waals surface area contributed by atoms with E-state index < -0.39 is 0 Å². The summed E-state index contributed by atoms with van der Waals surface area (Å²) in [5, 5.41) is 3.41. The van der Waals surface area contributed by atoms with Crippen molar-refractivity contribution in [2.24, 2.45) is 5.92 Å². The normalized spacial score (nSPS) is 25.5. The molecule has 0 aromatic heterocycles. The highest BCUT2D eigenvalue weighted by Gasteiger charge is 2.34. The van der Waals surface area contributed by atoms with E-state index in [4.69, 9.17) is 0 Å². The summed E-state index contributed by atoms with van der Waals surface area (Å²) in [6, 6.07) is 0.574. The van der Waals surface area contributed by atoms with Gasteiger partial charge in [-0.2, -0.15) is 0 Å². The predicted octanol–water partition coefficient (Wildman–Crippen LogP) is 1.85. The van der Waals surface area contributed by atoms with E-state index >= 15 is 0 Å². The fourth-order valence-electron chi connectivity index (χ4n) is 3.83. The van der Waals surface area contributed by atoms with Gasteiger partial charge in [0.15, 0.2) is 0 Å². The Morgan fingerprint density at radius 3 is 2.57 bits per heavy atom. The highest BCUT2D eigenvalue weighted by Crippen LogP contribution is 2.31. The Labute approximate surface area is 129 Å². The number of carbonyl (C=O) groups excluding carboxylic acids is 1. The van der Waals surface area contributed by atoms with Crippen LogP contribution in [0.5, 0.6) is 0 Å². The molecule has 0 aromatic rings. The van der Waals surface area contributed by atoms with Crippen LogP contribution in [0, 0.1) is 5.92 Å². The molecule has 0 atom stereocenters. The summed E-state index contributed by atoms with van der Waals surface area (Å²) >= 11 is 0. The van der Waals surface area contributed by atoms with Crippen LogP contribution in [0.4, 0.5) is 0 Å². The summed E-state index contributed by atoms with van der Waals surface area (Å²) in [6.45, 7) is 5.90. The molecule has 0 bridgehead atoms. The van der Waals surface area contributed by atoms with Crippen LogP contribution in [-0.2, 0) is 4.79 Å². The van der Waals surface area contributed by atoms with E-state index in [1.54, 1.807) is 0 Å². The lowest BCUT2D eigenvalue weighted by atomic mass is 9.89. The molecule has 3 fully saturated rings. The van der Waals surface area contributed by atoms with Crippen LogP contribution in [0.1, 0.15) is 51.4 Å². The molecule has 1 N–H and O–H groups in total. The van der Waals surface area contributed by atoms with Crippen molar-refractivity contribution in [1.29, 1.82) is 0 Å². The Kier molecular flexibility index (Phi) is 5.53. The van der Waals surface area contributed by atoms with Crippen molar-refractivity contribution in [3.63, 3.8) is 0 Å². The van der Waals surface area contributed by atoms with E-state index in [9.17, 15) is 4.79 Å². The van der Waals surface area contributed by atoms with E-state index in [1.807, 2.05) is 0 Å². The van der Waals surface area contributed by atoms with E-state index in [-0.39, 0.29) is 0 Å². The summed E-state index contributed by atoms with van der Waals surface area (Å²) < 4.78 is 0.